The van der Waals surface area contributed by atoms with Gasteiger partial charge in [0.1, 0.15) is 0 Å². The molecule has 9 heteroatoms. The monoisotopic (exact) mass is 484 g/mol. The highest BCUT2D eigenvalue weighted by Crippen LogP contribution is 2.39. The number of carbonyl (C=O) groups excluding carboxylic acids is 3. The average Bonchev–Trinajstić information content (AvgIpc) is 3.09. The van der Waals surface area contributed by atoms with Gasteiger partial charge in [-0.3, -0.25) is 14.5 Å². The van der Waals surface area contributed by atoms with Gasteiger partial charge in [-0.05, 0) is 46.8 Å². The molecule has 6 nitrogen and oxygen atoms in total. The molecule has 2 amide bonds. The Labute approximate surface area is 197 Å². The minimum absolute atomic E-state index is 0.0392. The lowest BCUT2D eigenvalue weighted by atomic mass is 10.0. The Morgan fingerprint density at radius 3 is 2.59 bits per heavy atom. The van der Waals surface area contributed by atoms with E-state index in [1.165, 1.54) is 19.2 Å². The van der Waals surface area contributed by atoms with Crippen molar-refractivity contribution >= 4 is 74.4 Å². The molecule has 0 saturated carbocycles. The van der Waals surface area contributed by atoms with Gasteiger partial charge < -0.3 is 4.74 Å². The van der Waals surface area contributed by atoms with Crippen LogP contribution in [0.5, 0.6) is 0 Å². The Morgan fingerprint density at radius 2 is 1.81 bits per heavy atom. The highest BCUT2D eigenvalue weighted by Gasteiger charge is 2.37. The molecule has 0 radical (unpaired) electrons. The highest BCUT2D eigenvalue weighted by molar-refractivity contribution is 8.19. The summed E-state index contributed by atoms with van der Waals surface area (Å²) in [6.07, 6.45) is 1.05. The van der Waals surface area contributed by atoms with Gasteiger partial charge >= 0.3 is 5.97 Å². The Bertz CT molecular complexity index is 1330. The summed E-state index contributed by atoms with van der Waals surface area (Å²) in [5.41, 5.74) is 0.626. The summed E-state index contributed by atoms with van der Waals surface area (Å²) in [4.78, 5) is 43.4. The third-order valence-corrected chi connectivity index (χ3v) is 6.15. The fraction of sp³-hybridized carbons (Fsp3) is 0.0435. The lowest BCUT2D eigenvalue weighted by Crippen LogP contribution is -2.30. The first-order chi connectivity index (χ1) is 15.4. The Kier molecular flexibility index (Phi) is 6.32. The first kappa shape index (κ1) is 22.1. The van der Waals surface area contributed by atoms with Crippen molar-refractivity contribution in [3.05, 3.63) is 87.3 Å². The molecule has 1 heterocycles. The van der Waals surface area contributed by atoms with Crippen molar-refractivity contribution in [3.63, 3.8) is 0 Å². The van der Waals surface area contributed by atoms with Crippen molar-refractivity contribution in [1.82, 2.24) is 0 Å². The fourth-order valence-electron chi connectivity index (χ4n) is 3.14. The smallest absolute Gasteiger partial charge is 0.331 e. The maximum Gasteiger partial charge on any atom is 0.331 e. The molecule has 1 aliphatic rings. The van der Waals surface area contributed by atoms with Crippen LogP contribution >= 0.6 is 35.0 Å². The van der Waals surface area contributed by atoms with Gasteiger partial charge in [0.25, 0.3) is 11.8 Å². The summed E-state index contributed by atoms with van der Waals surface area (Å²) in [5.74, 6) is -1.83. The highest BCUT2D eigenvalue weighted by atomic mass is 35.5. The summed E-state index contributed by atoms with van der Waals surface area (Å²) >= 11 is 13.3. The zero-order valence-corrected chi connectivity index (χ0v) is 18.9. The minimum Gasteiger partial charge on any atom is -0.466 e. The Morgan fingerprint density at radius 1 is 1.06 bits per heavy atom. The number of hydrogen-bond acceptors (Lipinski definition) is 5. The number of anilines is 1. The third-order valence-electron chi connectivity index (χ3n) is 4.62. The number of nitrogens with zero attached hydrogens (tertiary/aromatic N) is 2. The van der Waals surface area contributed by atoms with E-state index in [9.17, 15) is 14.4 Å². The van der Waals surface area contributed by atoms with Gasteiger partial charge in [-0.1, -0.05) is 59.6 Å². The fourth-order valence-corrected chi connectivity index (χ4v) is 4.44. The van der Waals surface area contributed by atoms with Gasteiger partial charge in [-0.2, -0.15) is 4.99 Å². The summed E-state index contributed by atoms with van der Waals surface area (Å²) in [7, 11) is 1.20. The molecule has 1 aliphatic heterocycles. The molecule has 0 aliphatic carbocycles. The van der Waals surface area contributed by atoms with Crippen LogP contribution in [0, 0.1) is 0 Å². The zero-order chi connectivity index (χ0) is 22.8. The quantitative estimate of drug-likeness (QED) is 0.363. The van der Waals surface area contributed by atoms with Gasteiger partial charge in [-0.15, -0.1) is 0 Å². The van der Waals surface area contributed by atoms with Crippen LogP contribution in [0.15, 0.2) is 76.6 Å². The number of amidine groups is 1. The van der Waals surface area contributed by atoms with Crippen LogP contribution in [-0.4, -0.2) is 30.1 Å². The molecular weight excluding hydrogens is 471 g/mol. The number of benzene rings is 3. The van der Waals surface area contributed by atoms with Crippen molar-refractivity contribution in [3.8, 4) is 0 Å². The molecule has 0 N–H and O–H groups in total. The molecule has 160 valence electrons. The van der Waals surface area contributed by atoms with Crippen molar-refractivity contribution in [1.29, 1.82) is 0 Å². The topological polar surface area (TPSA) is 76.0 Å². The minimum atomic E-state index is -0.709. The largest absolute Gasteiger partial charge is 0.466 e. The third kappa shape index (κ3) is 4.27. The molecule has 4 rings (SSSR count). The molecule has 0 aromatic heterocycles. The zero-order valence-electron chi connectivity index (χ0n) is 16.5. The second kappa shape index (κ2) is 9.16. The molecule has 1 saturated heterocycles. The van der Waals surface area contributed by atoms with Crippen LogP contribution in [-0.2, 0) is 14.3 Å². The van der Waals surface area contributed by atoms with Gasteiger partial charge in [0.05, 0.1) is 22.7 Å². The van der Waals surface area contributed by atoms with Gasteiger partial charge in [-0.25, -0.2) is 4.79 Å². The number of esters is 1. The molecule has 3 aromatic carbocycles. The summed E-state index contributed by atoms with van der Waals surface area (Å²) in [5, 5.41) is 2.23. The van der Waals surface area contributed by atoms with Crippen molar-refractivity contribution in [2.45, 2.75) is 0 Å². The predicted octanol–water partition coefficient (Wildman–Crippen LogP) is 5.48. The van der Waals surface area contributed by atoms with E-state index in [0.29, 0.717) is 10.6 Å². The first-order valence-electron chi connectivity index (χ1n) is 9.27. The van der Waals surface area contributed by atoms with E-state index in [0.717, 1.165) is 33.5 Å². The summed E-state index contributed by atoms with van der Waals surface area (Å²) in [6, 6.07) is 17.3. The molecule has 0 bridgehead atoms. The normalized spacial score (nSPS) is 16.2. The van der Waals surface area contributed by atoms with E-state index >= 15 is 0 Å². The number of halogens is 2. The van der Waals surface area contributed by atoms with E-state index in [4.69, 9.17) is 23.2 Å². The summed E-state index contributed by atoms with van der Waals surface area (Å²) < 4.78 is 4.62. The van der Waals surface area contributed by atoms with Gasteiger partial charge in [0.2, 0.25) is 0 Å². The van der Waals surface area contributed by atoms with Crippen LogP contribution in [0.3, 0.4) is 0 Å². The lowest BCUT2D eigenvalue weighted by molar-refractivity contribution is -0.135. The van der Waals surface area contributed by atoms with E-state index < -0.39 is 17.8 Å². The predicted molar refractivity (Wildman–Crippen MR) is 127 cm³/mol. The van der Waals surface area contributed by atoms with Crippen molar-refractivity contribution < 1.29 is 19.1 Å². The maximum absolute atomic E-state index is 13.1. The number of fused-ring (bicyclic) bond motifs is 1. The van der Waals surface area contributed by atoms with Crippen molar-refractivity contribution in [2.24, 2.45) is 4.99 Å². The molecule has 0 spiro atoms. The molecule has 32 heavy (non-hydrogen) atoms. The molecule has 1 fully saturated rings. The number of hydrogen-bond donors (Lipinski definition) is 0. The van der Waals surface area contributed by atoms with E-state index in [-0.39, 0.29) is 20.8 Å². The molecule has 0 atom stereocenters. The Hall–Kier alpha value is -3.13. The van der Waals surface area contributed by atoms with E-state index in [2.05, 4.69) is 9.73 Å². The summed E-state index contributed by atoms with van der Waals surface area (Å²) in [6.45, 7) is 0. The number of ether oxygens (including phenoxy) is 1. The Balaban J connectivity index is 1.83. The number of methoxy groups -OCH3 is 1. The van der Waals surface area contributed by atoms with Crippen LogP contribution in [0.1, 0.15) is 10.4 Å². The molecule has 0 unspecified atom stereocenters. The maximum atomic E-state index is 13.1. The molecular formula is C23H14Cl2N2O4S. The van der Waals surface area contributed by atoms with E-state index in [1.54, 1.807) is 18.2 Å². The molecule has 3 aromatic rings. The first-order valence-corrected chi connectivity index (χ1v) is 10.8. The van der Waals surface area contributed by atoms with Gasteiger partial charge in [0, 0.05) is 16.7 Å². The number of rotatable bonds is 3. The van der Waals surface area contributed by atoms with Crippen LogP contribution in [0.25, 0.3) is 10.8 Å². The lowest BCUT2D eigenvalue weighted by Gasteiger charge is -2.17. The second-order valence-electron chi connectivity index (χ2n) is 6.60. The number of amides is 2. The number of carbonyl (C=O) groups is 3. The SMILES string of the molecule is COC(=O)/C=C1\SC(=NC(=O)c2cccc3ccccc23)N(c2cc(Cl)ccc2Cl)C1=O. The van der Waals surface area contributed by atoms with Crippen LogP contribution < -0.4 is 4.90 Å². The van der Waals surface area contributed by atoms with Crippen molar-refractivity contribution in [2.75, 3.05) is 12.0 Å². The van der Waals surface area contributed by atoms with Gasteiger partial charge in [0.15, 0.2) is 5.17 Å². The van der Waals surface area contributed by atoms with Crippen LogP contribution in [0.4, 0.5) is 5.69 Å². The standard InChI is InChI=1S/C23H14Cl2N2O4S/c1-31-20(28)12-19-22(30)27(18-11-14(24)9-10-17(18)25)23(32-19)26-21(29)16-8-4-6-13-5-2-3-7-15(13)16/h2-12H,1H3/b19-12-,26-23?. The second-order valence-corrected chi connectivity index (χ2v) is 8.45. The van der Waals surface area contributed by atoms with Crippen LogP contribution in [0.2, 0.25) is 10.0 Å². The number of aliphatic imine (C=N–C) groups is 1. The number of thioether (sulfide) groups is 1. The van der Waals surface area contributed by atoms with E-state index in [1.807, 2.05) is 30.3 Å². The average molecular weight is 485 g/mol.